The van der Waals surface area contributed by atoms with E-state index in [-0.39, 0.29) is 35.8 Å². The van der Waals surface area contributed by atoms with Crippen molar-refractivity contribution >= 4 is 11.8 Å². The zero-order valence-electron chi connectivity index (χ0n) is 14.7. The molecule has 0 fully saturated rings. The second kappa shape index (κ2) is 9.28. The van der Waals surface area contributed by atoms with Gasteiger partial charge in [-0.2, -0.15) is 0 Å². The van der Waals surface area contributed by atoms with Gasteiger partial charge in [0.1, 0.15) is 17.2 Å². The number of phenols is 2. The zero-order chi connectivity index (χ0) is 19.8. The van der Waals surface area contributed by atoms with E-state index >= 15 is 0 Å². The van der Waals surface area contributed by atoms with Gasteiger partial charge >= 0.3 is 5.97 Å². The Hall–Kier alpha value is -3.48. The number of rotatable bonds is 8. The summed E-state index contributed by atoms with van der Waals surface area (Å²) in [6.07, 6.45) is 1.61. The summed E-state index contributed by atoms with van der Waals surface area (Å²) in [5.41, 5.74) is 0.132. The first kappa shape index (κ1) is 19.8. The molecule has 0 unspecified atom stereocenters. The molecular weight excluding hydrogens is 352 g/mol. The van der Waals surface area contributed by atoms with Crippen molar-refractivity contribution in [3.8, 4) is 17.2 Å². The van der Waals surface area contributed by atoms with Crippen LogP contribution in [0, 0.1) is 0 Å². The van der Waals surface area contributed by atoms with E-state index in [1.54, 1.807) is 12.1 Å². The highest BCUT2D eigenvalue weighted by atomic mass is 16.5. The second-order valence-corrected chi connectivity index (χ2v) is 5.54. The number of aromatic hydroxyl groups is 2. The van der Waals surface area contributed by atoms with Crippen molar-refractivity contribution in [3.63, 3.8) is 0 Å². The maximum Gasteiger partial charge on any atom is 0.373 e. The summed E-state index contributed by atoms with van der Waals surface area (Å²) in [5.74, 6) is -1.87. The number of benzene rings is 2. The minimum atomic E-state index is -0.804. The van der Waals surface area contributed by atoms with Gasteiger partial charge in [-0.05, 0) is 37.3 Å². The number of ketones is 1. The average molecular weight is 372 g/mol. The van der Waals surface area contributed by atoms with Gasteiger partial charge in [-0.1, -0.05) is 12.1 Å². The molecule has 0 atom stereocenters. The van der Waals surface area contributed by atoms with Gasteiger partial charge in [0.2, 0.25) is 0 Å². The summed E-state index contributed by atoms with van der Waals surface area (Å²) < 4.78 is 10.2. The first-order chi connectivity index (χ1) is 12.9. The van der Waals surface area contributed by atoms with Crippen LogP contribution >= 0.6 is 0 Å². The van der Waals surface area contributed by atoms with Gasteiger partial charge in [0.05, 0.1) is 24.3 Å². The van der Waals surface area contributed by atoms with Gasteiger partial charge in [-0.3, -0.25) is 4.79 Å². The van der Waals surface area contributed by atoms with Crippen molar-refractivity contribution in [2.45, 2.75) is 13.3 Å². The smallest absolute Gasteiger partial charge is 0.373 e. The van der Waals surface area contributed by atoms with Crippen LogP contribution in [0.1, 0.15) is 29.3 Å². The molecule has 0 saturated heterocycles. The molecule has 0 aliphatic heterocycles. The molecule has 2 aromatic carbocycles. The Morgan fingerprint density at radius 2 is 1.70 bits per heavy atom. The van der Waals surface area contributed by atoms with E-state index in [4.69, 9.17) is 14.6 Å². The normalized spacial score (nSPS) is 11.1. The van der Waals surface area contributed by atoms with Crippen LogP contribution in [0.15, 0.2) is 54.3 Å². The number of para-hydroxylation sites is 1. The molecule has 2 rings (SSSR count). The van der Waals surface area contributed by atoms with Crippen LogP contribution in [0.3, 0.4) is 0 Å². The van der Waals surface area contributed by atoms with E-state index in [2.05, 4.69) is 0 Å². The van der Waals surface area contributed by atoms with Gasteiger partial charge in [0.15, 0.2) is 11.5 Å². The molecule has 0 saturated carbocycles. The van der Waals surface area contributed by atoms with E-state index in [0.29, 0.717) is 12.2 Å². The molecule has 0 heterocycles. The molecule has 7 heteroatoms. The number of carbonyl (C=O) groups excluding carboxylic acids is 2. The number of allylic oxidation sites excluding steroid dienone is 1. The lowest BCUT2D eigenvalue weighted by molar-refractivity contribution is -0.142. The topological polar surface area (TPSA) is 113 Å². The van der Waals surface area contributed by atoms with E-state index in [9.17, 15) is 19.8 Å². The van der Waals surface area contributed by atoms with Crippen LogP contribution in [-0.2, 0) is 9.53 Å². The summed E-state index contributed by atoms with van der Waals surface area (Å²) in [4.78, 5) is 23.6. The molecule has 7 nitrogen and oxygen atoms in total. The van der Waals surface area contributed by atoms with E-state index in [1.165, 1.54) is 43.3 Å². The largest absolute Gasteiger partial charge is 0.507 e. The van der Waals surface area contributed by atoms with Crippen molar-refractivity contribution in [3.05, 3.63) is 65.4 Å². The standard InChI is InChI=1S/C20H20O7/c1-2-16(21)20(25)27-11-5-10-26-13-8-9-15(18(23)12-13)19(24)14-6-3-4-7-17(14)22/h2-4,6-9,12,21-23H,5,10-11H2,1H3. The molecule has 0 amide bonds. The van der Waals surface area contributed by atoms with Crippen LogP contribution < -0.4 is 4.74 Å². The lowest BCUT2D eigenvalue weighted by atomic mass is 10.0. The van der Waals surface area contributed by atoms with Crippen LogP contribution in [0.5, 0.6) is 17.2 Å². The van der Waals surface area contributed by atoms with Crippen molar-refractivity contribution in [1.29, 1.82) is 0 Å². The zero-order valence-corrected chi connectivity index (χ0v) is 14.7. The molecule has 2 aromatic rings. The van der Waals surface area contributed by atoms with Crippen molar-refractivity contribution < 1.29 is 34.4 Å². The maximum absolute atomic E-state index is 12.4. The number of hydrogen-bond donors (Lipinski definition) is 3. The molecule has 0 radical (unpaired) electrons. The van der Waals surface area contributed by atoms with Crippen molar-refractivity contribution in [1.82, 2.24) is 0 Å². The summed E-state index contributed by atoms with van der Waals surface area (Å²) in [6, 6.07) is 10.3. The van der Waals surface area contributed by atoms with Crippen LogP contribution in [0.4, 0.5) is 0 Å². The minimum absolute atomic E-state index is 0.0413. The molecule has 3 N–H and O–H groups in total. The fraction of sp³-hybridized carbons (Fsp3) is 0.200. The predicted octanol–water partition coefficient (Wildman–Crippen LogP) is 3.10. The molecule has 0 aromatic heterocycles. The first-order valence-corrected chi connectivity index (χ1v) is 8.25. The molecule has 0 aliphatic rings. The number of esters is 1. The Morgan fingerprint density at radius 1 is 1.00 bits per heavy atom. The number of hydrogen-bond acceptors (Lipinski definition) is 7. The van der Waals surface area contributed by atoms with Gasteiger partial charge in [0.25, 0.3) is 0 Å². The first-order valence-electron chi connectivity index (χ1n) is 8.25. The van der Waals surface area contributed by atoms with Gasteiger partial charge in [-0.15, -0.1) is 0 Å². The molecule has 0 aliphatic carbocycles. The van der Waals surface area contributed by atoms with Crippen LogP contribution in [0.25, 0.3) is 0 Å². The van der Waals surface area contributed by atoms with Crippen LogP contribution in [0.2, 0.25) is 0 Å². The lowest BCUT2D eigenvalue weighted by Crippen LogP contribution is -2.10. The Labute approximate surface area is 156 Å². The molecule has 0 spiro atoms. The average Bonchev–Trinajstić information content (AvgIpc) is 2.66. The monoisotopic (exact) mass is 372 g/mol. The molecule has 142 valence electrons. The molecular formula is C20H20O7. The van der Waals surface area contributed by atoms with Gasteiger partial charge in [0, 0.05) is 12.5 Å². The number of carbonyl (C=O) groups is 2. The van der Waals surface area contributed by atoms with E-state index < -0.39 is 17.5 Å². The Morgan fingerprint density at radius 3 is 2.37 bits per heavy atom. The van der Waals surface area contributed by atoms with Crippen molar-refractivity contribution in [2.75, 3.05) is 13.2 Å². The highest BCUT2D eigenvalue weighted by Crippen LogP contribution is 2.28. The third-order valence-electron chi connectivity index (χ3n) is 3.64. The maximum atomic E-state index is 12.4. The van der Waals surface area contributed by atoms with Crippen LogP contribution in [-0.4, -0.2) is 40.3 Å². The lowest BCUT2D eigenvalue weighted by Gasteiger charge is -2.10. The fourth-order valence-corrected chi connectivity index (χ4v) is 2.21. The Bertz CT molecular complexity index is 855. The summed E-state index contributed by atoms with van der Waals surface area (Å²) in [7, 11) is 0. The third kappa shape index (κ3) is 5.24. The molecule has 0 bridgehead atoms. The van der Waals surface area contributed by atoms with E-state index in [0.717, 1.165) is 0 Å². The summed E-state index contributed by atoms with van der Waals surface area (Å²) in [6.45, 7) is 1.78. The fourth-order valence-electron chi connectivity index (χ4n) is 2.21. The third-order valence-corrected chi connectivity index (χ3v) is 3.64. The highest BCUT2D eigenvalue weighted by Gasteiger charge is 2.17. The number of aliphatic hydroxyl groups excluding tert-OH is 1. The Kier molecular flexibility index (Phi) is 6.82. The summed E-state index contributed by atoms with van der Waals surface area (Å²) >= 11 is 0. The second-order valence-electron chi connectivity index (χ2n) is 5.54. The predicted molar refractivity (Wildman–Crippen MR) is 97.1 cm³/mol. The number of aliphatic hydroxyl groups is 1. The SMILES string of the molecule is CC=C(O)C(=O)OCCCOc1ccc(C(=O)c2ccccc2O)c(O)c1. The number of phenolic OH excluding ortho intramolecular Hbond substituents is 2. The quantitative estimate of drug-likeness (QED) is 0.214. The highest BCUT2D eigenvalue weighted by molar-refractivity contribution is 6.12. The van der Waals surface area contributed by atoms with Crippen molar-refractivity contribution in [2.24, 2.45) is 0 Å². The number of ether oxygens (including phenoxy) is 2. The summed E-state index contributed by atoms with van der Waals surface area (Å²) in [5, 5.41) is 29.0. The van der Waals surface area contributed by atoms with Gasteiger partial charge < -0.3 is 24.8 Å². The van der Waals surface area contributed by atoms with E-state index in [1.807, 2.05) is 0 Å². The van der Waals surface area contributed by atoms with Gasteiger partial charge in [-0.25, -0.2) is 4.79 Å². The minimum Gasteiger partial charge on any atom is -0.507 e. The Balaban J connectivity index is 1.90. The molecule has 27 heavy (non-hydrogen) atoms.